The summed E-state index contributed by atoms with van der Waals surface area (Å²) >= 11 is 5.88. The van der Waals surface area contributed by atoms with Gasteiger partial charge in [-0.3, -0.25) is 4.79 Å². The fourth-order valence-electron chi connectivity index (χ4n) is 2.79. The molecule has 1 atom stereocenters. The molecule has 1 aromatic rings. The van der Waals surface area contributed by atoms with Crippen molar-refractivity contribution in [2.45, 2.75) is 45.1 Å². The van der Waals surface area contributed by atoms with Gasteiger partial charge >= 0.3 is 0 Å². The van der Waals surface area contributed by atoms with Gasteiger partial charge in [-0.15, -0.1) is 0 Å². The lowest BCUT2D eigenvalue weighted by Crippen LogP contribution is -2.21. The van der Waals surface area contributed by atoms with E-state index in [9.17, 15) is 9.90 Å². The number of Topliss-reactive ketones (excluding diaryl/α,β-unsaturated/α-hetero) is 1. The molecule has 1 aliphatic rings. The summed E-state index contributed by atoms with van der Waals surface area (Å²) in [5.74, 6) is 1.02. The van der Waals surface area contributed by atoms with Gasteiger partial charge < -0.3 is 9.84 Å². The molecule has 0 bridgehead atoms. The average molecular weight is 297 g/mol. The average Bonchev–Trinajstić information content (AvgIpc) is 2.90. The van der Waals surface area contributed by atoms with Crippen LogP contribution in [0.2, 0.25) is 5.02 Å². The lowest BCUT2D eigenvalue weighted by molar-refractivity contribution is 0.0838. The molecule has 0 aliphatic heterocycles. The topological polar surface area (TPSA) is 46.5 Å². The van der Waals surface area contributed by atoms with Gasteiger partial charge in [-0.2, -0.15) is 0 Å². The van der Waals surface area contributed by atoms with Crippen LogP contribution in [-0.2, 0) is 0 Å². The molecule has 0 heterocycles. The molecular weight excluding hydrogens is 276 g/mol. The molecule has 110 valence electrons. The summed E-state index contributed by atoms with van der Waals surface area (Å²) in [7, 11) is 0. The zero-order valence-corrected chi connectivity index (χ0v) is 12.5. The third kappa shape index (κ3) is 4.22. The van der Waals surface area contributed by atoms with Crippen LogP contribution in [0, 0.1) is 5.92 Å². The third-order valence-electron chi connectivity index (χ3n) is 3.83. The molecule has 0 spiro atoms. The van der Waals surface area contributed by atoms with Crippen LogP contribution < -0.4 is 4.74 Å². The molecule has 3 nitrogen and oxygen atoms in total. The van der Waals surface area contributed by atoms with E-state index in [1.54, 1.807) is 18.2 Å². The smallest absolute Gasteiger partial charge is 0.163 e. The highest BCUT2D eigenvalue weighted by Crippen LogP contribution is 2.29. The quantitative estimate of drug-likeness (QED) is 0.811. The molecule has 4 heteroatoms. The molecule has 1 fully saturated rings. The number of hydrogen-bond acceptors (Lipinski definition) is 3. The maximum absolute atomic E-state index is 11.5. The predicted molar refractivity (Wildman–Crippen MR) is 79.5 cm³/mol. The van der Waals surface area contributed by atoms with Crippen molar-refractivity contribution >= 4 is 17.4 Å². The van der Waals surface area contributed by atoms with Crippen LogP contribution in [0.5, 0.6) is 5.75 Å². The molecular formula is C16H21ClO3. The Morgan fingerprint density at radius 3 is 2.80 bits per heavy atom. The highest BCUT2D eigenvalue weighted by Gasteiger charge is 2.19. The second-order valence-corrected chi connectivity index (χ2v) is 5.98. The summed E-state index contributed by atoms with van der Waals surface area (Å²) in [6.07, 6.45) is 5.25. The van der Waals surface area contributed by atoms with Gasteiger partial charge in [-0.05, 0) is 37.5 Å². The zero-order chi connectivity index (χ0) is 14.5. The van der Waals surface area contributed by atoms with Gasteiger partial charge in [0.05, 0.1) is 11.7 Å². The second kappa shape index (κ2) is 7.09. The number of carbonyl (C=O) groups excluding carboxylic acids is 1. The Balaban J connectivity index is 1.91. The largest absolute Gasteiger partial charge is 0.490 e. The minimum atomic E-state index is -0.478. The number of benzene rings is 1. The zero-order valence-electron chi connectivity index (χ0n) is 11.8. The van der Waals surface area contributed by atoms with E-state index in [4.69, 9.17) is 16.3 Å². The Kier molecular flexibility index (Phi) is 5.44. The first-order valence-corrected chi connectivity index (χ1v) is 7.55. The first-order chi connectivity index (χ1) is 9.56. The van der Waals surface area contributed by atoms with Crippen LogP contribution in [0.4, 0.5) is 0 Å². The van der Waals surface area contributed by atoms with Crippen LogP contribution in [-0.4, -0.2) is 23.6 Å². The van der Waals surface area contributed by atoms with E-state index in [0.29, 0.717) is 22.3 Å². The molecule has 20 heavy (non-hydrogen) atoms. The van der Waals surface area contributed by atoms with Crippen molar-refractivity contribution in [1.29, 1.82) is 0 Å². The number of aliphatic hydroxyl groups excluding tert-OH is 1. The first-order valence-electron chi connectivity index (χ1n) is 7.17. The summed E-state index contributed by atoms with van der Waals surface area (Å²) in [4.78, 5) is 11.5. The Labute approximate surface area is 124 Å². The van der Waals surface area contributed by atoms with Gasteiger partial charge in [0, 0.05) is 5.02 Å². The molecule has 0 aromatic heterocycles. The van der Waals surface area contributed by atoms with E-state index in [2.05, 4.69) is 0 Å². The van der Waals surface area contributed by atoms with Crippen molar-refractivity contribution in [3.63, 3.8) is 0 Å². The lowest BCUT2D eigenvalue weighted by Gasteiger charge is -2.17. The molecule has 2 rings (SSSR count). The number of halogens is 1. The lowest BCUT2D eigenvalue weighted by atomic mass is 10.0. The van der Waals surface area contributed by atoms with Crippen LogP contribution in [0.3, 0.4) is 0 Å². The fraction of sp³-hybridized carbons (Fsp3) is 0.562. The molecule has 1 aromatic carbocycles. The minimum absolute atomic E-state index is 0.0900. The van der Waals surface area contributed by atoms with E-state index in [0.717, 1.165) is 6.42 Å². The van der Waals surface area contributed by atoms with Crippen molar-refractivity contribution in [2.24, 2.45) is 5.92 Å². The summed E-state index contributed by atoms with van der Waals surface area (Å²) in [6, 6.07) is 4.97. The van der Waals surface area contributed by atoms with Gasteiger partial charge in [0.1, 0.15) is 12.4 Å². The van der Waals surface area contributed by atoms with Crippen LogP contribution in [0.1, 0.15) is 49.4 Å². The maximum atomic E-state index is 11.5. The third-order valence-corrected chi connectivity index (χ3v) is 4.07. The number of rotatable bonds is 6. The number of ketones is 1. The fourth-order valence-corrected chi connectivity index (χ4v) is 2.96. The van der Waals surface area contributed by atoms with Crippen molar-refractivity contribution in [2.75, 3.05) is 6.61 Å². The van der Waals surface area contributed by atoms with E-state index >= 15 is 0 Å². The summed E-state index contributed by atoms with van der Waals surface area (Å²) in [5, 5.41) is 10.5. The molecule has 0 amide bonds. The summed E-state index contributed by atoms with van der Waals surface area (Å²) in [6.45, 7) is 1.70. The number of ether oxygens (including phenoxy) is 1. The molecule has 1 N–H and O–H groups in total. The number of hydrogen-bond donors (Lipinski definition) is 1. The van der Waals surface area contributed by atoms with Crippen molar-refractivity contribution < 1.29 is 14.6 Å². The summed E-state index contributed by atoms with van der Waals surface area (Å²) < 4.78 is 5.60. The van der Waals surface area contributed by atoms with E-state index in [-0.39, 0.29) is 12.4 Å². The Morgan fingerprint density at radius 2 is 2.15 bits per heavy atom. The Bertz CT molecular complexity index is 467. The Hall–Kier alpha value is -1.06. The van der Waals surface area contributed by atoms with Crippen LogP contribution in [0.15, 0.2) is 18.2 Å². The van der Waals surface area contributed by atoms with Gasteiger partial charge in [0.15, 0.2) is 5.78 Å². The van der Waals surface area contributed by atoms with Gasteiger partial charge in [0.25, 0.3) is 0 Å². The van der Waals surface area contributed by atoms with E-state index < -0.39 is 6.10 Å². The number of carbonyl (C=O) groups is 1. The van der Waals surface area contributed by atoms with Crippen LogP contribution >= 0.6 is 11.6 Å². The van der Waals surface area contributed by atoms with E-state index in [1.807, 2.05) is 0 Å². The normalized spacial score (nSPS) is 17.1. The van der Waals surface area contributed by atoms with Gasteiger partial charge in [0.2, 0.25) is 0 Å². The maximum Gasteiger partial charge on any atom is 0.163 e. The van der Waals surface area contributed by atoms with Gasteiger partial charge in [-0.25, -0.2) is 0 Å². The van der Waals surface area contributed by atoms with Crippen LogP contribution in [0.25, 0.3) is 0 Å². The highest BCUT2D eigenvalue weighted by molar-refractivity contribution is 6.31. The Morgan fingerprint density at radius 1 is 1.45 bits per heavy atom. The number of aliphatic hydroxyl groups is 1. The van der Waals surface area contributed by atoms with Crippen molar-refractivity contribution in [3.8, 4) is 5.75 Å². The molecule has 1 unspecified atom stereocenters. The summed E-state index contributed by atoms with van der Waals surface area (Å²) in [5.41, 5.74) is 0.463. The molecule has 0 radical (unpaired) electrons. The van der Waals surface area contributed by atoms with Gasteiger partial charge in [-0.1, -0.05) is 37.3 Å². The molecule has 1 saturated carbocycles. The van der Waals surface area contributed by atoms with Crippen molar-refractivity contribution in [1.82, 2.24) is 0 Å². The minimum Gasteiger partial charge on any atom is -0.490 e. The second-order valence-electron chi connectivity index (χ2n) is 5.55. The van der Waals surface area contributed by atoms with E-state index in [1.165, 1.54) is 32.6 Å². The predicted octanol–water partition coefficient (Wildman–Crippen LogP) is 3.86. The first kappa shape index (κ1) is 15.3. The molecule has 0 saturated heterocycles. The standard InChI is InChI=1S/C16H21ClO3/c1-11(18)15-9-13(17)6-7-16(15)20-10-14(19)8-12-4-2-3-5-12/h6-7,9,12,14,19H,2-5,8,10H2,1H3. The molecule has 1 aliphatic carbocycles. The highest BCUT2D eigenvalue weighted by atomic mass is 35.5. The van der Waals surface area contributed by atoms with Crippen molar-refractivity contribution in [3.05, 3.63) is 28.8 Å². The SMILES string of the molecule is CC(=O)c1cc(Cl)ccc1OCC(O)CC1CCCC1. The monoisotopic (exact) mass is 296 g/mol.